The van der Waals surface area contributed by atoms with Gasteiger partial charge >= 0.3 is 0 Å². The van der Waals surface area contributed by atoms with Gasteiger partial charge in [0.05, 0.1) is 11.7 Å². The zero-order chi connectivity index (χ0) is 18.4. The highest BCUT2D eigenvalue weighted by Gasteiger charge is 2.24. The van der Waals surface area contributed by atoms with E-state index in [1.54, 1.807) is 7.11 Å². The lowest BCUT2D eigenvalue weighted by Crippen LogP contribution is -2.33. The quantitative estimate of drug-likeness (QED) is 0.667. The first kappa shape index (κ1) is 19.4. The minimum Gasteiger partial charge on any atom is -0.381 e. The highest BCUT2D eigenvalue weighted by molar-refractivity contribution is 5.97. The molecule has 140 valence electrons. The average molecular weight is 349 g/mol. The molecule has 1 aromatic rings. The molecule has 0 saturated heterocycles. The van der Waals surface area contributed by atoms with E-state index in [9.17, 15) is 4.79 Å². The van der Waals surface area contributed by atoms with Crippen LogP contribution in [0.3, 0.4) is 0 Å². The Hall–Kier alpha value is -1.89. The van der Waals surface area contributed by atoms with Crippen molar-refractivity contribution in [2.45, 2.75) is 77.0 Å². The van der Waals surface area contributed by atoms with Gasteiger partial charge in [0, 0.05) is 24.9 Å². The van der Waals surface area contributed by atoms with Crippen LogP contribution in [0.15, 0.2) is 6.20 Å². The number of methoxy groups -OCH3 is 1. The molecule has 1 aliphatic rings. The van der Waals surface area contributed by atoms with E-state index in [2.05, 4.69) is 41.4 Å². The van der Waals surface area contributed by atoms with Gasteiger partial charge < -0.3 is 21.1 Å². The first-order valence-electron chi connectivity index (χ1n) is 9.09. The molecular formula is C18H31N5O2. The third kappa shape index (κ3) is 5.56. The summed E-state index contributed by atoms with van der Waals surface area (Å²) in [5.74, 6) is 0.497. The Balaban J connectivity index is 2.12. The zero-order valence-electron chi connectivity index (χ0n) is 15.8. The number of nitrogens with one attached hydrogen (secondary N) is 2. The smallest absolute Gasteiger partial charge is 0.254 e. The molecule has 2 rings (SSSR count). The van der Waals surface area contributed by atoms with E-state index < -0.39 is 5.91 Å². The Morgan fingerprint density at radius 1 is 1.36 bits per heavy atom. The van der Waals surface area contributed by atoms with Gasteiger partial charge in [0.2, 0.25) is 5.95 Å². The number of hydrogen-bond donors (Lipinski definition) is 3. The van der Waals surface area contributed by atoms with Crippen LogP contribution in [-0.4, -0.2) is 40.7 Å². The number of nitrogens with two attached hydrogens (primary N) is 1. The average Bonchev–Trinajstić information content (AvgIpc) is 2.55. The van der Waals surface area contributed by atoms with E-state index in [1.165, 1.54) is 6.20 Å². The molecule has 1 fully saturated rings. The van der Waals surface area contributed by atoms with Crippen molar-refractivity contribution < 1.29 is 9.53 Å². The minimum atomic E-state index is -0.526. The highest BCUT2D eigenvalue weighted by atomic mass is 16.5. The monoisotopic (exact) mass is 349 g/mol. The number of amides is 1. The van der Waals surface area contributed by atoms with Gasteiger partial charge in [-0.2, -0.15) is 4.98 Å². The van der Waals surface area contributed by atoms with Gasteiger partial charge in [-0.05, 0) is 46.0 Å². The Bertz CT molecular complexity index is 583. The summed E-state index contributed by atoms with van der Waals surface area (Å²) in [6, 6.07) is 0.322. The fraction of sp³-hybridized carbons (Fsp3) is 0.722. The lowest BCUT2D eigenvalue weighted by atomic mass is 9.93. The molecule has 0 bridgehead atoms. The summed E-state index contributed by atoms with van der Waals surface area (Å²) in [6.45, 7) is 6.30. The minimum absolute atomic E-state index is 0.179. The van der Waals surface area contributed by atoms with Gasteiger partial charge in [0.1, 0.15) is 5.82 Å². The van der Waals surface area contributed by atoms with Gasteiger partial charge in [0.25, 0.3) is 5.91 Å². The van der Waals surface area contributed by atoms with Crippen LogP contribution in [-0.2, 0) is 4.74 Å². The molecule has 0 aromatic carbocycles. The fourth-order valence-electron chi connectivity index (χ4n) is 3.36. The Kier molecular flexibility index (Phi) is 6.58. The van der Waals surface area contributed by atoms with E-state index in [0.29, 0.717) is 29.5 Å². The van der Waals surface area contributed by atoms with Gasteiger partial charge in [-0.15, -0.1) is 0 Å². The summed E-state index contributed by atoms with van der Waals surface area (Å²) in [5.41, 5.74) is 5.62. The van der Waals surface area contributed by atoms with E-state index >= 15 is 0 Å². The van der Waals surface area contributed by atoms with Crippen molar-refractivity contribution in [1.29, 1.82) is 0 Å². The van der Waals surface area contributed by atoms with Crippen LogP contribution in [0.4, 0.5) is 11.8 Å². The molecule has 0 atom stereocenters. The van der Waals surface area contributed by atoms with Crippen molar-refractivity contribution >= 4 is 17.7 Å². The zero-order valence-corrected chi connectivity index (χ0v) is 15.8. The number of aromatic nitrogens is 2. The van der Waals surface area contributed by atoms with Gasteiger partial charge in [-0.25, -0.2) is 4.98 Å². The second kappa shape index (κ2) is 8.47. The van der Waals surface area contributed by atoms with Gasteiger partial charge in [-0.1, -0.05) is 13.3 Å². The second-order valence-electron chi connectivity index (χ2n) is 7.43. The van der Waals surface area contributed by atoms with E-state index in [0.717, 1.165) is 38.5 Å². The van der Waals surface area contributed by atoms with Crippen molar-refractivity contribution in [1.82, 2.24) is 9.97 Å². The molecule has 1 heterocycles. The molecule has 0 unspecified atom stereocenters. The number of carbonyl (C=O) groups excluding carboxylic acids is 1. The number of anilines is 2. The number of rotatable bonds is 8. The van der Waals surface area contributed by atoms with Crippen molar-refractivity contribution in [2.75, 3.05) is 17.7 Å². The van der Waals surface area contributed by atoms with Gasteiger partial charge in [-0.3, -0.25) is 4.79 Å². The number of hydrogen-bond acceptors (Lipinski definition) is 6. The lowest BCUT2D eigenvalue weighted by Gasteiger charge is -2.29. The van der Waals surface area contributed by atoms with Crippen molar-refractivity contribution in [2.24, 2.45) is 5.73 Å². The SMILES string of the molecule is CCCC(C)(C)Nc1nc(NC2CCC(OC)CC2)ncc1C(N)=O. The molecule has 4 N–H and O–H groups in total. The molecule has 0 radical (unpaired) electrons. The third-order valence-electron chi connectivity index (χ3n) is 4.73. The molecule has 7 nitrogen and oxygen atoms in total. The Morgan fingerprint density at radius 3 is 2.60 bits per heavy atom. The fourth-order valence-corrected chi connectivity index (χ4v) is 3.36. The molecule has 0 aliphatic heterocycles. The Labute approximate surface area is 150 Å². The maximum Gasteiger partial charge on any atom is 0.254 e. The molecular weight excluding hydrogens is 318 g/mol. The summed E-state index contributed by atoms with van der Waals surface area (Å²) in [6.07, 6.45) is 7.94. The van der Waals surface area contributed by atoms with Crippen molar-refractivity contribution in [3.63, 3.8) is 0 Å². The second-order valence-corrected chi connectivity index (χ2v) is 7.43. The van der Waals surface area contributed by atoms with Crippen LogP contribution in [0.1, 0.15) is 69.7 Å². The maximum atomic E-state index is 11.7. The van der Waals surface area contributed by atoms with Crippen LogP contribution >= 0.6 is 0 Å². The number of carbonyl (C=O) groups is 1. The number of nitrogens with zero attached hydrogens (tertiary/aromatic N) is 2. The molecule has 0 spiro atoms. The molecule has 25 heavy (non-hydrogen) atoms. The van der Waals surface area contributed by atoms with Gasteiger partial charge in [0.15, 0.2) is 0 Å². The largest absolute Gasteiger partial charge is 0.381 e. The predicted octanol–water partition coefficient (Wildman–Crippen LogP) is 2.94. The summed E-state index contributed by atoms with van der Waals surface area (Å²) in [4.78, 5) is 20.5. The number of primary amides is 1. The van der Waals surface area contributed by atoms with Crippen LogP contribution in [0.5, 0.6) is 0 Å². The molecule has 1 aromatic heterocycles. The van der Waals surface area contributed by atoms with Crippen LogP contribution in [0, 0.1) is 0 Å². The van der Waals surface area contributed by atoms with Crippen molar-refractivity contribution in [3.8, 4) is 0 Å². The number of ether oxygens (including phenoxy) is 1. The third-order valence-corrected chi connectivity index (χ3v) is 4.73. The summed E-state index contributed by atoms with van der Waals surface area (Å²) < 4.78 is 5.41. The first-order valence-corrected chi connectivity index (χ1v) is 9.09. The predicted molar refractivity (Wildman–Crippen MR) is 99.8 cm³/mol. The van der Waals surface area contributed by atoms with Crippen molar-refractivity contribution in [3.05, 3.63) is 11.8 Å². The van der Waals surface area contributed by atoms with E-state index in [-0.39, 0.29) is 5.54 Å². The topological polar surface area (TPSA) is 102 Å². The summed E-state index contributed by atoms with van der Waals surface area (Å²) >= 11 is 0. The molecule has 1 aliphatic carbocycles. The summed E-state index contributed by atoms with van der Waals surface area (Å²) in [7, 11) is 1.76. The lowest BCUT2D eigenvalue weighted by molar-refractivity contribution is 0.0681. The maximum absolute atomic E-state index is 11.7. The normalized spacial score (nSPS) is 21.0. The molecule has 1 saturated carbocycles. The van der Waals surface area contributed by atoms with Crippen LogP contribution in [0.2, 0.25) is 0 Å². The highest BCUT2D eigenvalue weighted by Crippen LogP contribution is 2.25. The molecule has 1 amide bonds. The van der Waals surface area contributed by atoms with Crippen LogP contribution in [0.25, 0.3) is 0 Å². The standard InChI is InChI=1S/C18H31N5O2/c1-5-10-18(2,3)23-16-14(15(19)24)11-20-17(22-16)21-12-6-8-13(25-4)9-7-12/h11-13H,5-10H2,1-4H3,(H2,19,24)(H2,20,21,22,23). The van der Waals surface area contributed by atoms with E-state index in [4.69, 9.17) is 10.5 Å². The van der Waals surface area contributed by atoms with E-state index in [1.807, 2.05) is 0 Å². The first-order chi connectivity index (χ1) is 11.8. The van der Waals surface area contributed by atoms with Crippen LogP contribution < -0.4 is 16.4 Å². The summed E-state index contributed by atoms with van der Waals surface area (Å²) in [5, 5.41) is 6.73. The Morgan fingerprint density at radius 2 is 2.04 bits per heavy atom. The molecule has 7 heteroatoms.